The van der Waals surface area contributed by atoms with E-state index in [1.54, 1.807) is 0 Å². The zero-order chi connectivity index (χ0) is 15.2. The fraction of sp³-hybridized carbons (Fsp3) is 0.385. The molecule has 0 saturated carbocycles. The summed E-state index contributed by atoms with van der Waals surface area (Å²) in [7, 11) is 0. The molecule has 1 atom stereocenters. The Labute approximate surface area is 130 Å². The average molecular weight is 324 g/mol. The molecule has 0 aliphatic carbocycles. The zero-order valence-electron chi connectivity index (χ0n) is 11.8. The summed E-state index contributed by atoms with van der Waals surface area (Å²) >= 11 is 2.87. The van der Waals surface area contributed by atoms with Gasteiger partial charge >= 0.3 is 0 Å². The molecule has 0 aliphatic heterocycles. The normalized spacial score (nSPS) is 11.9. The van der Waals surface area contributed by atoms with Crippen molar-refractivity contribution in [1.82, 2.24) is 15.5 Å². The molecule has 2 rings (SSSR count). The number of hydrogen-bond acceptors (Lipinski definition) is 6. The molecule has 0 saturated heterocycles. The van der Waals surface area contributed by atoms with Crippen molar-refractivity contribution in [3.8, 4) is 0 Å². The van der Waals surface area contributed by atoms with Crippen LogP contribution in [-0.4, -0.2) is 22.0 Å². The molecule has 21 heavy (non-hydrogen) atoms. The SMILES string of the molecule is CCc1nnc(NC(=O)C[C@H](NC(C)=O)c2cccs2)s1. The van der Waals surface area contributed by atoms with Gasteiger partial charge in [0, 0.05) is 11.8 Å². The van der Waals surface area contributed by atoms with E-state index in [0.717, 1.165) is 16.3 Å². The second-order valence-electron chi connectivity index (χ2n) is 4.38. The number of anilines is 1. The van der Waals surface area contributed by atoms with Gasteiger partial charge in [-0.1, -0.05) is 24.3 Å². The van der Waals surface area contributed by atoms with E-state index in [9.17, 15) is 9.59 Å². The summed E-state index contributed by atoms with van der Waals surface area (Å²) in [5.41, 5.74) is 0. The molecule has 2 heterocycles. The van der Waals surface area contributed by atoms with Crippen LogP contribution in [0.2, 0.25) is 0 Å². The van der Waals surface area contributed by atoms with Gasteiger partial charge in [-0.3, -0.25) is 9.59 Å². The van der Waals surface area contributed by atoms with Crippen molar-refractivity contribution < 1.29 is 9.59 Å². The van der Waals surface area contributed by atoms with Crippen molar-refractivity contribution >= 4 is 39.6 Å². The highest BCUT2D eigenvalue weighted by Gasteiger charge is 2.19. The number of aryl methyl sites for hydroxylation is 1. The first-order chi connectivity index (χ1) is 10.1. The minimum atomic E-state index is -0.318. The lowest BCUT2D eigenvalue weighted by molar-refractivity contribution is -0.120. The van der Waals surface area contributed by atoms with Gasteiger partial charge in [0.2, 0.25) is 16.9 Å². The highest BCUT2D eigenvalue weighted by atomic mass is 32.1. The Morgan fingerprint density at radius 3 is 2.76 bits per heavy atom. The molecule has 2 aromatic rings. The number of hydrogen-bond donors (Lipinski definition) is 2. The minimum absolute atomic E-state index is 0.162. The van der Waals surface area contributed by atoms with E-state index < -0.39 is 0 Å². The van der Waals surface area contributed by atoms with Crippen LogP contribution in [0.4, 0.5) is 5.13 Å². The van der Waals surface area contributed by atoms with Crippen LogP contribution in [0.15, 0.2) is 17.5 Å². The molecule has 0 spiro atoms. The molecule has 0 aliphatic rings. The van der Waals surface area contributed by atoms with Crippen molar-refractivity contribution in [3.63, 3.8) is 0 Å². The molecule has 2 amide bonds. The third-order valence-electron chi connectivity index (χ3n) is 2.67. The molecule has 112 valence electrons. The summed E-state index contributed by atoms with van der Waals surface area (Å²) in [6.07, 6.45) is 0.957. The third-order valence-corrected chi connectivity index (χ3v) is 4.64. The summed E-state index contributed by atoms with van der Waals surface area (Å²) in [5.74, 6) is -0.355. The lowest BCUT2D eigenvalue weighted by Crippen LogP contribution is -2.29. The largest absolute Gasteiger partial charge is 0.348 e. The molecule has 0 radical (unpaired) electrons. The number of carbonyl (C=O) groups is 2. The van der Waals surface area contributed by atoms with Crippen LogP contribution >= 0.6 is 22.7 Å². The van der Waals surface area contributed by atoms with Gasteiger partial charge in [0.1, 0.15) is 5.01 Å². The molecule has 0 bridgehead atoms. The first-order valence-electron chi connectivity index (χ1n) is 6.51. The monoisotopic (exact) mass is 324 g/mol. The summed E-state index contributed by atoms with van der Waals surface area (Å²) in [6.45, 7) is 3.42. The van der Waals surface area contributed by atoms with Gasteiger partial charge in [0.15, 0.2) is 0 Å². The fourth-order valence-corrected chi connectivity index (χ4v) is 3.23. The van der Waals surface area contributed by atoms with E-state index >= 15 is 0 Å². The van der Waals surface area contributed by atoms with Crippen LogP contribution in [-0.2, 0) is 16.0 Å². The lowest BCUT2D eigenvalue weighted by Gasteiger charge is -2.15. The number of amides is 2. The van der Waals surface area contributed by atoms with Crippen molar-refractivity contribution in [1.29, 1.82) is 0 Å². The Bertz CT molecular complexity index is 609. The summed E-state index contributed by atoms with van der Waals surface area (Å²) in [5, 5.41) is 16.7. The first kappa shape index (κ1) is 15.6. The second-order valence-corrected chi connectivity index (χ2v) is 6.42. The minimum Gasteiger partial charge on any atom is -0.348 e. The third kappa shape index (κ3) is 4.61. The van der Waals surface area contributed by atoms with E-state index in [-0.39, 0.29) is 24.3 Å². The average Bonchev–Trinajstić information content (AvgIpc) is 3.08. The molecular formula is C13H16N4O2S2. The maximum atomic E-state index is 12.1. The van der Waals surface area contributed by atoms with Gasteiger partial charge < -0.3 is 10.6 Å². The van der Waals surface area contributed by atoms with Crippen LogP contribution in [0.3, 0.4) is 0 Å². The number of thiophene rings is 1. The van der Waals surface area contributed by atoms with Gasteiger partial charge in [0.05, 0.1) is 12.5 Å². The summed E-state index contributed by atoms with van der Waals surface area (Å²) in [4.78, 5) is 24.3. The fourth-order valence-electron chi connectivity index (χ4n) is 1.76. The number of nitrogens with zero attached hydrogens (tertiary/aromatic N) is 2. The van der Waals surface area contributed by atoms with Crippen LogP contribution in [0, 0.1) is 0 Å². The van der Waals surface area contributed by atoms with Gasteiger partial charge in [-0.2, -0.15) is 0 Å². The molecule has 8 heteroatoms. The van der Waals surface area contributed by atoms with Crippen molar-refractivity contribution in [3.05, 3.63) is 27.4 Å². The highest BCUT2D eigenvalue weighted by molar-refractivity contribution is 7.15. The van der Waals surface area contributed by atoms with Crippen molar-refractivity contribution in [2.75, 3.05) is 5.32 Å². The Morgan fingerprint density at radius 2 is 2.19 bits per heavy atom. The number of aromatic nitrogens is 2. The quantitative estimate of drug-likeness (QED) is 0.854. The predicted molar refractivity (Wildman–Crippen MR) is 83.4 cm³/mol. The standard InChI is InChI=1S/C13H16N4O2S2/c1-3-12-16-17-13(21-12)15-11(19)7-9(14-8(2)18)10-5-4-6-20-10/h4-6,9H,3,7H2,1-2H3,(H,14,18)(H,15,17,19)/t9-/m0/s1. The molecule has 0 unspecified atom stereocenters. The summed E-state index contributed by atoms with van der Waals surface area (Å²) in [6, 6.07) is 3.48. The van der Waals surface area contributed by atoms with Crippen molar-refractivity contribution in [2.45, 2.75) is 32.7 Å². The maximum Gasteiger partial charge on any atom is 0.228 e. The van der Waals surface area contributed by atoms with Gasteiger partial charge in [-0.25, -0.2) is 0 Å². The van der Waals surface area contributed by atoms with E-state index in [2.05, 4.69) is 20.8 Å². The van der Waals surface area contributed by atoms with Crippen molar-refractivity contribution in [2.24, 2.45) is 0 Å². The number of nitrogens with one attached hydrogen (secondary N) is 2. The van der Waals surface area contributed by atoms with Crippen LogP contribution in [0.1, 0.15) is 36.2 Å². The molecule has 2 aromatic heterocycles. The van der Waals surface area contributed by atoms with Crippen LogP contribution < -0.4 is 10.6 Å². The second kappa shape index (κ2) is 7.28. The molecule has 0 aromatic carbocycles. The molecular weight excluding hydrogens is 308 g/mol. The van der Waals surface area contributed by atoms with E-state index in [1.807, 2.05) is 24.4 Å². The lowest BCUT2D eigenvalue weighted by atomic mass is 10.1. The van der Waals surface area contributed by atoms with Crippen LogP contribution in [0.5, 0.6) is 0 Å². The maximum absolute atomic E-state index is 12.1. The topological polar surface area (TPSA) is 84.0 Å². The smallest absolute Gasteiger partial charge is 0.228 e. The Kier molecular flexibility index (Phi) is 5.40. The predicted octanol–water partition coefficient (Wildman–Crippen LogP) is 2.37. The van der Waals surface area contributed by atoms with Gasteiger partial charge in [-0.05, 0) is 17.9 Å². The van der Waals surface area contributed by atoms with E-state index in [0.29, 0.717) is 5.13 Å². The molecule has 2 N–H and O–H groups in total. The van der Waals surface area contributed by atoms with Crippen LogP contribution in [0.25, 0.3) is 0 Å². The Balaban J connectivity index is 1.99. The first-order valence-corrected chi connectivity index (χ1v) is 8.20. The van der Waals surface area contributed by atoms with Gasteiger partial charge in [-0.15, -0.1) is 21.5 Å². The van der Waals surface area contributed by atoms with Gasteiger partial charge in [0.25, 0.3) is 0 Å². The molecule has 6 nitrogen and oxygen atoms in total. The summed E-state index contributed by atoms with van der Waals surface area (Å²) < 4.78 is 0. The highest BCUT2D eigenvalue weighted by Crippen LogP contribution is 2.23. The Hall–Kier alpha value is -1.80. The number of rotatable bonds is 6. The number of carbonyl (C=O) groups excluding carboxylic acids is 2. The van der Waals surface area contributed by atoms with E-state index in [1.165, 1.54) is 29.6 Å². The Morgan fingerprint density at radius 1 is 1.38 bits per heavy atom. The zero-order valence-corrected chi connectivity index (χ0v) is 13.4. The molecule has 0 fully saturated rings. The van der Waals surface area contributed by atoms with E-state index in [4.69, 9.17) is 0 Å².